The Morgan fingerprint density at radius 1 is 1.19 bits per heavy atom. The Kier molecular flexibility index (Phi) is 5.09. The minimum Gasteiger partial charge on any atom is -0.298 e. The highest BCUT2D eigenvalue weighted by Crippen LogP contribution is 2.30. The second kappa shape index (κ2) is 7.51. The summed E-state index contributed by atoms with van der Waals surface area (Å²) in [5.74, 6) is -0.363. The van der Waals surface area contributed by atoms with Gasteiger partial charge < -0.3 is 0 Å². The van der Waals surface area contributed by atoms with Crippen LogP contribution in [0.15, 0.2) is 46.7 Å². The molecule has 2 heterocycles. The fourth-order valence-corrected chi connectivity index (χ4v) is 5.71. The van der Waals surface area contributed by atoms with Gasteiger partial charge in [-0.2, -0.15) is 0 Å². The number of fused-ring (bicyclic) bond motifs is 1. The molecule has 0 spiro atoms. The second-order valence-corrected chi connectivity index (χ2v) is 10.0. The van der Waals surface area contributed by atoms with Crippen molar-refractivity contribution in [2.24, 2.45) is 0 Å². The van der Waals surface area contributed by atoms with E-state index in [2.05, 4.69) is 15.0 Å². The Morgan fingerprint density at radius 3 is 2.85 bits per heavy atom. The zero-order chi connectivity index (χ0) is 18.9. The van der Waals surface area contributed by atoms with Crippen LogP contribution in [0.1, 0.15) is 32.2 Å². The van der Waals surface area contributed by atoms with Gasteiger partial charge >= 0.3 is 0 Å². The number of benzene rings is 1. The monoisotopic (exact) mass is 419 g/mol. The smallest absolute Gasteiger partial charge is 0.257 e. The zero-order valence-electron chi connectivity index (χ0n) is 14.3. The van der Waals surface area contributed by atoms with Crippen LogP contribution in [0.2, 0.25) is 0 Å². The van der Waals surface area contributed by atoms with Crippen LogP contribution in [-0.2, 0) is 29.4 Å². The lowest BCUT2D eigenvalue weighted by Crippen LogP contribution is -2.23. The summed E-state index contributed by atoms with van der Waals surface area (Å²) in [4.78, 5) is 19.2. The van der Waals surface area contributed by atoms with Crippen LogP contribution in [0.4, 0.5) is 5.13 Å². The van der Waals surface area contributed by atoms with Crippen LogP contribution in [0.3, 0.4) is 0 Å². The molecular formula is C18H17N3O3S3. The van der Waals surface area contributed by atoms with Crippen molar-refractivity contribution in [1.29, 1.82) is 0 Å². The fraction of sp³-hybridized carbons (Fsp3) is 0.222. The molecule has 2 N–H and O–H groups in total. The molecule has 0 unspecified atom stereocenters. The first kappa shape index (κ1) is 18.3. The van der Waals surface area contributed by atoms with E-state index in [1.54, 1.807) is 12.1 Å². The molecule has 9 heteroatoms. The molecule has 0 fully saturated rings. The normalized spacial score (nSPS) is 13.5. The molecule has 4 rings (SSSR count). The lowest BCUT2D eigenvalue weighted by atomic mass is 10.2. The fourth-order valence-electron chi connectivity index (χ4n) is 2.88. The molecule has 0 atom stereocenters. The lowest BCUT2D eigenvalue weighted by molar-refractivity contribution is 0.102. The molecule has 1 aromatic carbocycles. The van der Waals surface area contributed by atoms with Gasteiger partial charge in [0, 0.05) is 21.9 Å². The average molecular weight is 420 g/mol. The first-order valence-corrected chi connectivity index (χ1v) is 11.6. The summed E-state index contributed by atoms with van der Waals surface area (Å²) in [5.41, 5.74) is 1.34. The molecule has 1 aliphatic rings. The summed E-state index contributed by atoms with van der Waals surface area (Å²) in [7, 11) is -3.70. The summed E-state index contributed by atoms with van der Waals surface area (Å²) >= 11 is 2.97. The number of aromatic nitrogens is 1. The van der Waals surface area contributed by atoms with Gasteiger partial charge in [0.25, 0.3) is 5.91 Å². The van der Waals surface area contributed by atoms with Gasteiger partial charge in [-0.3, -0.25) is 10.1 Å². The molecule has 0 bridgehead atoms. The largest absolute Gasteiger partial charge is 0.298 e. The number of amides is 1. The summed E-state index contributed by atoms with van der Waals surface area (Å²) in [6, 6.07) is 9.75. The van der Waals surface area contributed by atoms with E-state index in [1.165, 1.54) is 39.7 Å². The van der Waals surface area contributed by atoms with Crippen molar-refractivity contribution in [3.63, 3.8) is 0 Å². The van der Waals surface area contributed by atoms with E-state index in [0.29, 0.717) is 5.13 Å². The van der Waals surface area contributed by atoms with Crippen molar-refractivity contribution in [3.05, 3.63) is 62.8 Å². The van der Waals surface area contributed by atoms with Crippen molar-refractivity contribution < 1.29 is 13.2 Å². The van der Waals surface area contributed by atoms with E-state index in [1.807, 2.05) is 17.5 Å². The van der Waals surface area contributed by atoms with Gasteiger partial charge in [-0.05, 0) is 48.9 Å². The Balaban J connectivity index is 1.48. The van der Waals surface area contributed by atoms with Crippen LogP contribution >= 0.6 is 22.7 Å². The van der Waals surface area contributed by atoms with Crippen molar-refractivity contribution in [3.8, 4) is 0 Å². The number of carbonyl (C=O) groups is 1. The van der Waals surface area contributed by atoms with Crippen molar-refractivity contribution in [2.75, 3.05) is 5.32 Å². The van der Waals surface area contributed by atoms with E-state index in [9.17, 15) is 13.2 Å². The maximum Gasteiger partial charge on any atom is 0.257 e. The SMILES string of the molecule is O=C(Nc1nc2c(s1)CCC2)c1cccc(S(=O)(=O)NCc2cccs2)c1. The average Bonchev–Trinajstić information content (AvgIpc) is 3.38. The van der Waals surface area contributed by atoms with Gasteiger partial charge in [-0.25, -0.2) is 18.1 Å². The van der Waals surface area contributed by atoms with Crippen molar-refractivity contribution in [1.82, 2.24) is 9.71 Å². The third kappa shape index (κ3) is 4.11. The summed E-state index contributed by atoms with van der Waals surface area (Å²) in [6.45, 7) is 0.223. The molecule has 0 saturated carbocycles. The number of thiazole rings is 1. The highest BCUT2D eigenvalue weighted by molar-refractivity contribution is 7.89. The number of sulfonamides is 1. The minimum atomic E-state index is -3.70. The lowest BCUT2D eigenvalue weighted by Gasteiger charge is -2.08. The quantitative estimate of drug-likeness (QED) is 0.641. The number of hydrogen-bond acceptors (Lipinski definition) is 6. The number of nitrogens with zero attached hydrogens (tertiary/aromatic N) is 1. The van der Waals surface area contributed by atoms with Gasteiger partial charge in [-0.1, -0.05) is 12.1 Å². The second-order valence-electron chi connectivity index (χ2n) is 6.13. The summed E-state index contributed by atoms with van der Waals surface area (Å²) in [5, 5.41) is 5.23. The number of hydrogen-bond donors (Lipinski definition) is 2. The standard InChI is InChI=1S/C18H17N3O3S3/c22-17(21-18-20-15-7-2-8-16(15)26-18)12-4-1-6-14(10-12)27(23,24)19-11-13-5-3-9-25-13/h1,3-6,9-10,19H,2,7-8,11H2,(H,20,21,22). The molecule has 6 nitrogen and oxygen atoms in total. The number of rotatable bonds is 6. The van der Waals surface area contributed by atoms with E-state index < -0.39 is 10.0 Å². The van der Waals surface area contributed by atoms with E-state index in [0.717, 1.165) is 29.8 Å². The van der Waals surface area contributed by atoms with E-state index in [4.69, 9.17) is 0 Å². The van der Waals surface area contributed by atoms with Crippen LogP contribution in [0.5, 0.6) is 0 Å². The first-order valence-electron chi connectivity index (χ1n) is 8.43. The van der Waals surface area contributed by atoms with Crippen LogP contribution in [0.25, 0.3) is 0 Å². The molecular weight excluding hydrogens is 402 g/mol. The number of nitrogens with one attached hydrogen (secondary N) is 2. The first-order chi connectivity index (χ1) is 13.0. The van der Waals surface area contributed by atoms with Gasteiger partial charge in [-0.15, -0.1) is 22.7 Å². The minimum absolute atomic E-state index is 0.0633. The molecule has 1 aliphatic carbocycles. The number of carbonyl (C=O) groups excluding carboxylic acids is 1. The highest BCUT2D eigenvalue weighted by Gasteiger charge is 2.20. The van der Waals surface area contributed by atoms with Gasteiger partial charge in [0.2, 0.25) is 10.0 Å². The van der Waals surface area contributed by atoms with Crippen LogP contribution < -0.4 is 10.0 Å². The topological polar surface area (TPSA) is 88.2 Å². The maximum atomic E-state index is 12.5. The Labute approximate surface area is 165 Å². The Hall–Kier alpha value is -2.07. The van der Waals surface area contributed by atoms with E-state index in [-0.39, 0.29) is 22.9 Å². The van der Waals surface area contributed by atoms with Crippen LogP contribution in [-0.4, -0.2) is 19.3 Å². The Bertz CT molecular complexity index is 1050. The van der Waals surface area contributed by atoms with Crippen molar-refractivity contribution >= 4 is 43.7 Å². The van der Waals surface area contributed by atoms with Gasteiger partial charge in [0.1, 0.15) is 0 Å². The molecule has 140 valence electrons. The van der Waals surface area contributed by atoms with E-state index >= 15 is 0 Å². The predicted molar refractivity (Wildman–Crippen MR) is 107 cm³/mol. The molecule has 0 radical (unpaired) electrons. The molecule has 27 heavy (non-hydrogen) atoms. The Morgan fingerprint density at radius 2 is 2.07 bits per heavy atom. The number of thiophene rings is 1. The molecule has 0 aliphatic heterocycles. The highest BCUT2D eigenvalue weighted by atomic mass is 32.2. The van der Waals surface area contributed by atoms with Crippen molar-refractivity contribution in [2.45, 2.75) is 30.7 Å². The molecule has 1 amide bonds. The number of aryl methyl sites for hydroxylation is 2. The maximum absolute atomic E-state index is 12.5. The van der Waals surface area contributed by atoms with Gasteiger partial charge in [0.15, 0.2) is 5.13 Å². The molecule has 3 aromatic rings. The third-order valence-corrected chi connectivity index (χ3v) is 7.59. The number of anilines is 1. The third-order valence-electron chi connectivity index (χ3n) is 4.24. The van der Waals surface area contributed by atoms with Gasteiger partial charge in [0.05, 0.1) is 10.6 Å². The summed E-state index contributed by atoms with van der Waals surface area (Å²) in [6.07, 6.45) is 3.07. The zero-order valence-corrected chi connectivity index (χ0v) is 16.7. The molecule has 0 saturated heterocycles. The predicted octanol–water partition coefficient (Wildman–Crippen LogP) is 3.42. The summed E-state index contributed by atoms with van der Waals surface area (Å²) < 4.78 is 27.6. The van der Waals surface area contributed by atoms with Crippen LogP contribution in [0, 0.1) is 0 Å². The molecule has 2 aromatic heterocycles.